The van der Waals surface area contributed by atoms with E-state index in [0.29, 0.717) is 16.4 Å². The summed E-state index contributed by atoms with van der Waals surface area (Å²) in [7, 11) is 0. The SMILES string of the molecule is CC(Sc1ccc(C(=O)N2CCCC2)cn1)C(=O)Nc1ccnn1C(C)C. The molecule has 2 amide bonds. The van der Waals surface area contributed by atoms with Crippen LogP contribution in [0.15, 0.2) is 35.6 Å². The standard InChI is InChI=1S/C19H25N5O2S/c1-13(2)24-16(8-9-21-24)22-18(25)14(3)27-17-7-6-15(12-20-17)19(26)23-10-4-5-11-23/h6-9,12-14H,4-5,10-11H2,1-3H3,(H,22,25). The summed E-state index contributed by atoms with van der Waals surface area (Å²) in [5, 5.41) is 7.52. The summed E-state index contributed by atoms with van der Waals surface area (Å²) in [4.78, 5) is 31.1. The average molecular weight is 388 g/mol. The Morgan fingerprint density at radius 1 is 1.15 bits per heavy atom. The summed E-state index contributed by atoms with van der Waals surface area (Å²) < 4.78 is 1.77. The number of nitrogens with one attached hydrogen (secondary N) is 1. The Morgan fingerprint density at radius 2 is 1.89 bits per heavy atom. The molecule has 0 aromatic carbocycles. The van der Waals surface area contributed by atoms with Crippen LogP contribution < -0.4 is 5.32 Å². The Morgan fingerprint density at radius 3 is 2.52 bits per heavy atom. The van der Waals surface area contributed by atoms with Gasteiger partial charge in [0.15, 0.2) is 0 Å². The van der Waals surface area contributed by atoms with E-state index in [4.69, 9.17) is 0 Å². The van der Waals surface area contributed by atoms with Crippen molar-refractivity contribution in [3.63, 3.8) is 0 Å². The van der Waals surface area contributed by atoms with Crippen LogP contribution in [0, 0.1) is 0 Å². The van der Waals surface area contributed by atoms with Gasteiger partial charge in [0.05, 0.1) is 22.0 Å². The molecule has 8 heteroatoms. The first-order chi connectivity index (χ1) is 13.0. The third-order valence-electron chi connectivity index (χ3n) is 4.45. The predicted octanol–water partition coefficient (Wildman–Crippen LogP) is 3.21. The van der Waals surface area contributed by atoms with E-state index in [1.165, 1.54) is 11.8 Å². The van der Waals surface area contributed by atoms with E-state index in [2.05, 4.69) is 15.4 Å². The van der Waals surface area contributed by atoms with Crippen molar-refractivity contribution >= 4 is 29.4 Å². The summed E-state index contributed by atoms with van der Waals surface area (Å²) in [6.45, 7) is 7.49. The van der Waals surface area contributed by atoms with Gasteiger partial charge in [-0.15, -0.1) is 0 Å². The van der Waals surface area contributed by atoms with Gasteiger partial charge in [-0.05, 0) is 45.7 Å². The number of pyridine rings is 1. The van der Waals surface area contributed by atoms with Gasteiger partial charge in [0.1, 0.15) is 5.82 Å². The number of hydrogen-bond donors (Lipinski definition) is 1. The van der Waals surface area contributed by atoms with Gasteiger partial charge >= 0.3 is 0 Å². The molecule has 1 N–H and O–H groups in total. The number of hydrogen-bond acceptors (Lipinski definition) is 5. The molecule has 2 aromatic heterocycles. The van der Waals surface area contributed by atoms with Crippen LogP contribution in [0.5, 0.6) is 0 Å². The second-order valence-corrected chi connectivity index (χ2v) is 8.25. The molecule has 0 spiro atoms. The molecule has 27 heavy (non-hydrogen) atoms. The number of nitrogens with zero attached hydrogens (tertiary/aromatic N) is 4. The van der Waals surface area contributed by atoms with E-state index in [1.54, 1.807) is 35.3 Å². The Kier molecular flexibility index (Phi) is 6.15. The first-order valence-electron chi connectivity index (χ1n) is 9.22. The zero-order valence-corrected chi connectivity index (χ0v) is 16.7. The molecular weight excluding hydrogens is 362 g/mol. The molecule has 0 bridgehead atoms. The number of carbonyl (C=O) groups is 2. The maximum Gasteiger partial charge on any atom is 0.255 e. The van der Waals surface area contributed by atoms with Gasteiger partial charge in [-0.25, -0.2) is 9.67 Å². The molecule has 144 valence electrons. The Balaban J connectivity index is 1.58. The largest absolute Gasteiger partial charge is 0.339 e. The lowest BCUT2D eigenvalue weighted by atomic mass is 10.2. The van der Waals surface area contributed by atoms with Gasteiger partial charge in [-0.3, -0.25) is 9.59 Å². The molecule has 1 aliphatic rings. The van der Waals surface area contributed by atoms with E-state index >= 15 is 0 Å². The molecule has 0 saturated carbocycles. The van der Waals surface area contributed by atoms with E-state index in [9.17, 15) is 9.59 Å². The monoisotopic (exact) mass is 387 g/mol. The van der Waals surface area contributed by atoms with Crippen molar-refractivity contribution < 1.29 is 9.59 Å². The average Bonchev–Trinajstić information content (AvgIpc) is 3.33. The number of carbonyl (C=O) groups excluding carboxylic acids is 2. The van der Waals surface area contributed by atoms with Gasteiger partial charge in [0.2, 0.25) is 5.91 Å². The molecule has 1 unspecified atom stereocenters. The second-order valence-electron chi connectivity index (χ2n) is 6.89. The minimum Gasteiger partial charge on any atom is -0.339 e. The van der Waals surface area contributed by atoms with Crippen molar-refractivity contribution in [1.29, 1.82) is 0 Å². The van der Waals surface area contributed by atoms with Gasteiger partial charge < -0.3 is 10.2 Å². The first kappa shape index (κ1) is 19.4. The van der Waals surface area contributed by atoms with Crippen LogP contribution in [0.25, 0.3) is 0 Å². The van der Waals surface area contributed by atoms with Crippen molar-refractivity contribution in [3.8, 4) is 0 Å². The van der Waals surface area contributed by atoms with E-state index in [1.807, 2.05) is 25.7 Å². The maximum absolute atomic E-state index is 12.5. The number of likely N-dealkylation sites (tertiary alicyclic amines) is 1. The Hall–Kier alpha value is -2.35. The molecule has 0 radical (unpaired) electrons. The van der Waals surface area contributed by atoms with E-state index < -0.39 is 0 Å². The molecule has 1 saturated heterocycles. The third kappa shape index (κ3) is 4.68. The zero-order valence-electron chi connectivity index (χ0n) is 15.9. The van der Waals surface area contributed by atoms with E-state index in [-0.39, 0.29) is 23.1 Å². The quantitative estimate of drug-likeness (QED) is 0.770. The first-order valence-corrected chi connectivity index (χ1v) is 10.1. The minimum absolute atomic E-state index is 0.0317. The van der Waals surface area contributed by atoms with Gasteiger partial charge in [0, 0.05) is 31.4 Å². The lowest BCUT2D eigenvalue weighted by molar-refractivity contribution is -0.115. The van der Waals surface area contributed by atoms with Crippen LogP contribution >= 0.6 is 11.8 Å². The van der Waals surface area contributed by atoms with Crippen LogP contribution in [0.4, 0.5) is 5.82 Å². The number of rotatable bonds is 6. The van der Waals surface area contributed by atoms with Crippen molar-refractivity contribution in [2.75, 3.05) is 18.4 Å². The van der Waals surface area contributed by atoms with Crippen molar-refractivity contribution in [2.24, 2.45) is 0 Å². The number of amides is 2. The van der Waals surface area contributed by atoms with Crippen molar-refractivity contribution in [1.82, 2.24) is 19.7 Å². The van der Waals surface area contributed by atoms with Gasteiger partial charge in [-0.1, -0.05) is 11.8 Å². The highest BCUT2D eigenvalue weighted by Crippen LogP contribution is 2.23. The topological polar surface area (TPSA) is 80.1 Å². The van der Waals surface area contributed by atoms with Crippen molar-refractivity contribution in [2.45, 2.75) is 49.9 Å². The molecule has 7 nitrogen and oxygen atoms in total. The molecular formula is C19H25N5O2S. The molecule has 1 fully saturated rings. The fraction of sp³-hybridized carbons (Fsp3) is 0.474. The lowest BCUT2D eigenvalue weighted by Gasteiger charge is -2.16. The van der Waals surface area contributed by atoms with Crippen LogP contribution in [0.3, 0.4) is 0 Å². The highest BCUT2D eigenvalue weighted by Gasteiger charge is 2.21. The number of anilines is 1. The Bertz CT molecular complexity index is 797. The number of aromatic nitrogens is 3. The maximum atomic E-state index is 12.5. The molecule has 1 atom stereocenters. The third-order valence-corrected chi connectivity index (χ3v) is 5.50. The molecule has 1 aliphatic heterocycles. The highest BCUT2D eigenvalue weighted by molar-refractivity contribution is 8.00. The normalized spacial score (nSPS) is 15.2. The second kappa shape index (κ2) is 8.56. The smallest absolute Gasteiger partial charge is 0.255 e. The molecule has 0 aliphatic carbocycles. The summed E-state index contributed by atoms with van der Waals surface area (Å²) in [5.41, 5.74) is 0.596. The van der Waals surface area contributed by atoms with Crippen LogP contribution in [0.1, 0.15) is 50.0 Å². The summed E-state index contributed by atoms with van der Waals surface area (Å²) >= 11 is 1.36. The van der Waals surface area contributed by atoms with Gasteiger partial charge in [0.25, 0.3) is 5.91 Å². The summed E-state index contributed by atoms with van der Waals surface area (Å²) in [6, 6.07) is 5.54. The van der Waals surface area contributed by atoms with Crippen LogP contribution in [0.2, 0.25) is 0 Å². The van der Waals surface area contributed by atoms with Crippen molar-refractivity contribution in [3.05, 3.63) is 36.2 Å². The molecule has 3 heterocycles. The van der Waals surface area contributed by atoms with Gasteiger partial charge in [-0.2, -0.15) is 5.10 Å². The minimum atomic E-state index is -0.326. The summed E-state index contributed by atoms with van der Waals surface area (Å²) in [6.07, 6.45) is 5.40. The highest BCUT2D eigenvalue weighted by atomic mass is 32.2. The zero-order chi connectivity index (χ0) is 19.4. The fourth-order valence-electron chi connectivity index (χ4n) is 2.97. The summed E-state index contributed by atoms with van der Waals surface area (Å²) in [5.74, 6) is 0.604. The number of thioether (sulfide) groups is 1. The van der Waals surface area contributed by atoms with Crippen LogP contribution in [-0.4, -0.2) is 49.8 Å². The molecule has 3 rings (SSSR count). The van der Waals surface area contributed by atoms with Crippen LogP contribution in [-0.2, 0) is 4.79 Å². The van der Waals surface area contributed by atoms with E-state index in [0.717, 1.165) is 25.9 Å². The lowest BCUT2D eigenvalue weighted by Crippen LogP contribution is -2.27. The predicted molar refractivity (Wildman–Crippen MR) is 106 cm³/mol. The Labute approximate surface area is 163 Å². The molecule has 2 aromatic rings. The fourth-order valence-corrected chi connectivity index (χ4v) is 3.75.